The lowest BCUT2D eigenvalue weighted by Crippen LogP contribution is -2.27. The Morgan fingerprint density at radius 2 is 2.00 bits per heavy atom. The number of nitrogens with zero attached hydrogens (tertiary/aromatic N) is 3. The summed E-state index contributed by atoms with van der Waals surface area (Å²) in [5.41, 5.74) is 3.54. The summed E-state index contributed by atoms with van der Waals surface area (Å²) in [6.07, 6.45) is 3.02. The summed E-state index contributed by atoms with van der Waals surface area (Å²) in [6, 6.07) is 8.95. The van der Waals surface area contributed by atoms with E-state index in [-0.39, 0.29) is 10.6 Å². The van der Waals surface area contributed by atoms with Crippen LogP contribution in [0.25, 0.3) is 0 Å². The smallest absolute Gasteiger partial charge is 0.269 e. The molecule has 0 unspecified atom stereocenters. The Kier molecular flexibility index (Phi) is 4.71. The van der Waals surface area contributed by atoms with E-state index in [1.165, 1.54) is 5.69 Å². The van der Waals surface area contributed by atoms with E-state index in [4.69, 9.17) is 5.10 Å². The number of rotatable bonds is 5. The Bertz CT molecular complexity index is 672. The van der Waals surface area contributed by atoms with Crippen molar-refractivity contribution in [1.29, 1.82) is 0 Å². The molecule has 1 aliphatic rings. The van der Waals surface area contributed by atoms with Gasteiger partial charge in [-0.1, -0.05) is 12.1 Å². The fourth-order valence-electron chi connectivity index (χ4n) is 3.22. The number of nitro groups is 1. The van der Waals surface area contributed by atoms with E-state index in [0.29, 0.717) is 12.3 Å². The van der Waals surface area contributed by atoms with E-state index in [2.05, 4.69) is 23.0 Å². The fraction of sp³-hybridized carbons (Fsp3) is 0.471. The topological polar surface area (TPSA) is 73.0 Å². The molecule has 1 fully saturated rings. The van der Waals surface area contributed by atoms with Crippen molar-refractivity contribution in [1.82, 2.24) is 15.1 Å². The molecule has 2 aromatic rings. The Hall–Kier alpha value is -2.21. The number of piperidine rings is 1. The highest BCUT2D eigenvalue weighted by molar-refractivity contribution is 5.34. The maximum atomic E-state index is 10.7. The number of benzene rings is 1. The molecule has 3 rings (SSSR count). The van der Waals surface area contributed by atoms with Crippen molar-refractivity contribution in [2.24, 2.45) is 0 Å². The van der Waals surface area contributed by atoms with Gasteiger partial charge in [-0.25, -0.2) is 0 Å². The Labute approximate surface area is 135 Å². The van der Waals surface area contributed by atoms with Crippen LogP contribution in [0.15, 0.2) is 30.3 Å². The first-order valence-corrected chi connectivity index (χ1v) is 8.18. The molecule has 122 valence electrons. The van der Waals surface area contributed by atoms with Crippen molar-refractivity contribution < 1.29 is 4.92 Å². The number of aromatic nitrogens is 2. The molecule has 0 atom stereocenters. The molecule has 23 heavy (non-hydrogen) atoms. The average Bonchev–Trinajstić information content (AvgIpc) is 2.99. The van der Waals surface area contributed by atoms with Crippen molar-refractivity contribution in [3.05, 3.63) is 57.4 Å². The molecule has 1 N–H and O–H groups in total. The number of aryl methyl sites for hydroxylation is 1. The van der Waals surface area contributed by atoms with Gasteiger partial charge in [0.1, 0.15) is 0 Å². The number of hydrogen-bond acceptors (Lipinski definition) is 4. The first kappa shape index (κ1) is 15.7. The summed E-state index contributed by atoms with van der Waals surface area (Å²) in [7, 11) is 0. The van der Waals surface area contributed by atoms with Gasteiger partial charge < -0.3 is 5.32 Å². The van der Waals surface area contributed by atoms with Crippen LogP contribution in [-0.4, -0.2) is 27.8 Å². The Balaban J connectivity index is 1.77. The van der Waals surface area contributed by atoms with Crippen molar-refractivity contribution in [2.45, 2.75) is 38.6 Å². The van der Waals surface area contributed by atoms with Crippen molar-refractivity contribution in [2.75, 3.05) is 13.1 Å². The summed E-state index contributed by atoms with van der Waals surface area (Å²) in [4.78, 5) is 10.3. The minimum absolute atomic E-state index is 0.128. The predicted octanol–water partition coefficient (Wildman–Crippen LogP) is 2.87. The molecule has 6 heteroatoms. The highest BCUT2D eigenvalue weighted by Crippen LogP contribution is 2.26. The van der Waals surface area contributed by atoms with Gasteiger partial charge >= 0.3 is 0 Å². The monoisotopic (exact) mass is 314 g/mol. The summed E-state index contributed by atoms with van der Waals surface area (Å²) >= 11 is 0. The van der Waals surface area contributed by atoms with Gasteiger partial charge in [0.05, 0.1) is 10.6 Å². The molecule has 0 spiro atoms. The number of nitro benzene ring substituents is 1. The van der Waals surface area contributed by atoms with Crippen LogP contribution < -0.4 is 5.32 Å². The van der Waals surface area contributed by atoms with Crippen LogP contribution in [0, 0.1) is 10.1 Å². The molecule has 1 aliphatic heterocycles. The zero-order valence-electron chi connectivity index (χ0n) is 13.4. The number of non-ortho nitro benzene ring substituents is 1. The minimum atomic E-state index is -0.370. The molecular weight excluding hydrogens is 292 g/mol. The van der Waals surface area contributed by atoms with Crippen LogP contribution in [0.2, 0.25) is 0 Å². The van der Waals surface area contributed by atoms with E-state index in [1.807, 2.05) is 12.1 Å². The summed E-state index contributed by atoms with van der Waals surface area (Å²) in [5.74, 6) is 0.578. The van der Waals surface area contributed by atoms with E-state index < -0.39 is 0 Å². The molecule has 6 nitrogen and oxygen atoms in total. The zero-order chi connectivity index (χ0) is 16.2. The minimum Gasteiger partial charge on any atom is -0.317 e. The highest BCUT2D eigenvalue weighted by Gasteiger charge is 2.20. The van der Waals surface area contributed by atoms with Crippen LogP contribution in [0.4, 0.5) is 5.69 Å². The van der Waals surface area contributed by atoms with Crippen molar-refractivity contribution in [3.8, 4) is 0 Å². The first-order valence-electron chi connectivity index (χ1n) is 8.18. The van der Waals surface area contributed by atoms with Crippen LogP contribution >= 0.6 is 0 Å². The van der Waals surface area contributed by atoms with Crippen molar-refractivity contribution >= 4 is 5.69 Å². The Morgan fingerprint density at radius 1 is 1.30 bits per heavy atom. The van der Waals surface area contributed by atoms with Gasteiger partial charge in [0.2, 0.25) is 0 Å². The molecule has 0 amide bonds. The van der Waals surface area contributed by atoms with Gasteiger partial charge in [-0.3, -0.25) is 14.8 Å². The largest absolute Gasteiger partial charge is 0.317 e. The average molecular weight is 314 g/mol. The van der Waals surface area contributed by atoms with Crippen molar-refractivity contribution in [3.63, 3.8) is 0 Å². The van der Waals surface area contributed by atoms with Crippen LogP contribution in [0.5, 0.6) is 0 Å². The third-order valence-electron chi connectivity index (χ3n) is 4.45. The third kappa shape index (κ3) is 3.59. The third-order valence-corrected chi connectivity index (χ3v) is 4.45. The second-order valence-corrected chi connectivity index (χ2v) is 6.00. The molecule has 0 aliphatic carbocycles. The second-order valence-electron chi connectivity index (χ2n) is 6.00. The normalized spacial score (nSPS) is 15.7. The molecule has 0 saturated carbocycles. The summed E-state index contributed by atoms with van der Waals surface area (Å²) in [5, 5.41) is 18.8. The summed E-state index contributed by atoms with van der Waals surface area (Å²) < 4.78 is 2.11. The van der Waals surface area contributed by atoms with E-state index >= 15 is 0 Å². The molecule has 1 aromatic heterocycles. The SMILES string of the molecule is CCn1nc(Cc2ccc([N+](=O)[O-])cc2)cc1C1CCNCC1. The van der Waals surface area contributed by atoms with Gasteiger partial charge in [-0.15, -0.1) is 0 Å². The lowest BCUT2D eigenvalue weighted by Gasteiger charge is -2.23. The highest BCUT2D eigenvalue weighted by atomic mass is 16.6. The van der Waals surface area contributed by atoms with Gasteiger partial charge in [-0.2, -0.15) is 5.10 Å². The Morgan fingerprint density at radius 3 is 2.61 bits per heavy atom. The molecule has 0 bridgehead atoms. The van der Waals surface area contributed by atoms with Crippen LogP contribution in [0.1, 0.15) is 42.6 Å². The quantitative estimate of drug-likeness (QED) is 0.680. The van der Waals surface area contributed by atoms with Gasteiger partial charge in [0.15, 0.2) is 0 Å². The van der Waals surface area contributed by atoms with Gasteiger partial charge in [0.25, 0.3) is 5.69 Å². The van der Waals surface area contributed by atoms with Gasteiger partial charge in [0, 0.05) is 36.7 Å². The van der Waals surface area contributed by atoms with Crippen LogP contribution in [-0.2, 0) is 13.0 Å². The van der Waals surface area contributed by atoms with E-state index in [1.54, 1.807) is 12.1 Å². The molecule has 1 saturated heterocycles. The number of hydrogen-bond donors (Lipinski definition) is 1. The standard InChI is InChI=1S/C17H22N4O2/c1-2-20-17(14-7-9-18-10-8-14)12-15(19-20)11-13-3-5-16(6-4-13)21(22)23/h3-6,12,14,18H,2,7-11H2,1H3. The molecule has 1 aromatic carbocycles. The van der Waals surface area contributed by atoms with E-state index in [9.17, 15) is 10.1 Å². The maximum absolute atomic E-state index is 10.7. The molecule has 2 heterocycles. The van der Waals surface area contributed by atoms with Crippen LogP contribution in [0.3, 0.4) is 0 Å². The second kappa shape index (κ2) is 6.91. The predicted molar refractivity (Wildman–Crippen MR) is 88.6 cm³/mol. The molecule has 0 radical (unpaired) electrons. The maximum Gasteiger partial charge on any atom is 0.269 e. The zero-order valence-corrected chi connectivity index (χ0v) is 13.4. The first-order chi connectivity index (χ1) is 11.2. The van der Waals surface area contributed by atoms with Gasteiger partial charge in [-0.05, 0) is 44.5 Å². The van der Waals surface area contributed by atoms with E-state index in [0.717, 1.165) is 43.7 Å². The number of nitrogens with one attached hydrogen (secondary N) is 1. The summed E-state index contributed by atoms with van der Waals surface area (Å²) in [6.45, 7) is 5.13. The lowest BCUT2D eigenvalue weighted by atomic mass is 9.94. The lowest BCUT2D eigenvalue weighted by molar-refractivity contribution is -0.384. The fourth-order valence-corrected chi connectivity index (χ4v) is 3.22. The molecular formula is C17H22N4O2.